The van der Waals surface area contributed by atoms with E-state index in [1.807, 2.05) is 0 Å². The van der Waals surface area contributed by atoms with Gasteiger partial charge in [-0.05, 0) is 25.1 Å². The van der Waals surface area contributed by atoms with Crippen LogP contribution in [0.4, 0.5) is 9.59 Å². The molecule has 0 unspecified atom stereocenters. The fourth-order valence-corrected chi connectivity index (χ4v) is 2.96. The van der Waals surface area contributed by atoms with Gasteiger partial charge in [0.25, 0.3) is 0 Å². The van der Waals surface area contributed by atoms with Crippen LogP contribution in [0.1, 0.15) is 23.7 Å². The number of hydrogen-bond donors (Lipinski definition) is 2. The lowest BCUT2D eigenvalue weighted by atomic mass is 10.1. The maximum atomic E-state index is 11.8. The zero-order valence-electron chi connectivity index (χ0n) is 15.8. The number of esters is 1. The topological polar surface area (TPSA) is 126 Å². The van der Waals surface area contributed by atoms with E-state index in [0.717, 1.165) is 0 Å². The van der Waals surface area contributed by atoms with E-state index < -0.39 is 24.2 Å². The van der Waals surface area contributed by atoms with Gasteiger partial charge in [-0.15, -0.1) is 0 Å². The Morgan fingerprint density at radius 3 is 2.50 bits per heavy atom. The number of ether oxygens (including phenoxy) is 3. The summed E-state index contributed by atoms with van der Waals surface area (Å²) in [7, 11) is 1.44. The van der Waals surface area contributed by atoms with Crippen molar-refractivity contribution in [2.75, 3.05) is 40.0 Å². The van der Waals surface area contributed by atoms with Crippen molar-refractivity contribution in [1.29, 1.82) is 0 Å². The first-order chi connectivity index (χ1) is 13.4. The maximum Gasteiger partial charge on any atom is 0.407 e. The van der Waals surface area contributed by atoms with Gasteiger partial charge in [-0.25, -0.2) is 14.4 Å². The molecule has 0 aromatic heterocycles. The Morgan fingerprint density at radius 1 is 1.14 bits per heavy atom. The molecule has 0 aliphatic carbocycles. The Hall–Kier alpha value is -3.17. The standard InChI is InChI=1S/C18H24N2O8/c1-3-27-16(21)12-4-5-14(15(10-12)26-2)28-9-6-13-11-19(17(22)23)7-8-20(13)18(24)25/h4-5,10,13H,3,6-9,11H2,1-2H3,(H,22,23)(H,24,25)/t13-/m1/s1. The monoisotopic (exact) mass is 396 g/mol. The molecule has 0 bridgehead atoms. The fraction of sp³-hybridized carbons (Fsp3) is 0.500. The number of carbonyl (C=O) groups is 3. The summed E-state index contributed by atoms with van der Waals surface area (Å²) in [6.45, 7) is 2.46. The van der Waals surface area contributed by atoms with E-state index in [-0.39, 0.29) is 32.8 Å². The molecule has 1 aliphatic rings. The van der Waals surface area contributed by atoms with Crippen molar-refractivity contribution in [1.82, 2.24) is 9.80 Å². The van der Waals surface area contributed by atoms with E-state index in [2.05, 4.69) is 0 Å². The van der Waals surface area contributed by atoms with Crippen molar-refractivity contribution >= 4 is 18.2 Å². The van der Waals surface area contributed by atoms with Crippen LogP contribution in [0.25, 0.3) is 0 Å². The Bertz CT molecular complexity index is 724. The van der Waals surface area contributed by atoms with E-state index >= 15 is 0 Å². The molecule has 1 heterocycles. The van der Waals surface area contributed by atoms with Crippen molar-refractivity contribution in [3.05, 3.63) is 23.8 Å². The third-order valence-electron chi connectivity index (χ3n) is 4.38. The smallest absolute Gasteiger partial charge is 0.407 e. The zero-order chi connectivity index (χ0) is 20.7. The second-order valence-corrected chi connectivity index (χ2v) is 6.08. The van der Waals surface area contributed by atoms with Gasteiger partial charge in [-0.1, -0.05) is 0 Å². The summed E-state index contributed by atoms with van der Waals surface area (Å²) < 4.78 is 15.9. The Morgan fingerprint density at radius 2 is 1.89 bits per heavy atom. The number of methoxy groups -OCH3 is 1. The van der Waals surface area contributed by atoms with Gasteiger partial charge in [0.05, 0.1) is 31.9 Å². The van der Waals surface area contributed by atoms with Gasteiger partial charge < -0.3 is 34.2 Å². The first-order valence-corrected chi connectivity index (χ1v) is 8.82. The van der Waals surface area contributed by atoms with Crippen molar-refractivity contribution in [2.24, 2.45) is 0 Å². The average Bonchev–Trinajstić information content (AvgIpc) is 2.67. The molecule has 2 N–H and O–H groups in total. The molecular weight excluding hydrogens is 372 g/mol. The largest absolute Gasteiger partial charge is 0.493 e. The predicted octanol–water partition coefficient (Wildman–Crippen LogP) is 1.98. The molecule has 0 saturated carbocycles. The average molecular weight is 396 g/mol. The Balaban J connectivity index is 2.01. The third kappa shape index (κ3) is 5.18. The minimum Gasteiger partial charge on any atom is -0.493 e. The van der Waals surface area contributed by atoms with Gasteiger partial charge >= 0.3 is 18.2 Å². The van der Waals surface area contributed by atoms with Gasteiger partial charge in [-0.3, -0.25) is 0 Å². The number of carboxylic acid groups (broad SMARTS) is 2. The fourth-order valence-electron chi connectivity index (χ4n) is 2.96. The first kappa shape index (κ1) is 21.1. The molecule has 1 atom stereocenters. The van der Waals surface area contributed by atoms with Crippen LogP contribution in [-0.4, -0.2) is 84.2 Å². The van der Waals surface area contributed by atoms with E-state index in [1.165, 1.54) is 23.0 Å². The van der Waals surface area contributed by atoms with Crippen LogP contribution in [0.5, 0.6) is 11.5 Å². The summed E-state index contributed by atoms with van der Waals surface area (Å²) in [5.41, 5.74) is 0.326. The molecule has 1 saturated heterocycles. The number of piperazine rings is 1. The number of benzene rings is 1. The molecule has 10 heteroatoms. The van der Waals surface area contributed by atoms with Crippen LogP contribution in [-0.2, 0) is 4.74 Å². The van der Waals surface area contributed by atoms with Crippen LogP contribution in [0, 0.1) is 0 Å². The molecule has 2 amide bonds. The number of amides is 2. The van der Waals surface area contributed by atoms with E-state index in [9.17, 15) is 19.5 Å². The van der Waals surface area contributed by atoms with Crippen molar-refractivity contribution in [3.63, 3.8) is 0 Å². The van der Waals surface area contributed by atoms with Crippen LogP contribution in [0.3, 0.4) is 0 Å². The van der Waals surface area contributed by atoms with Crippen molar-refractivity contribution < 1.29 is 38.8 Å². The van der Waals surface area contributed by atoms with Crippen molar-refractivity contribution in [2.45, 2.75) is 19.4 Å². The Kier molecular flexibility index (Phi) is 7.30. The predicted molar refractivity (Wildman–Crippen MR) is 97.2 cm³/mol. The van der Waals surface area contributed by atoms with E-state index in [0.29, 0.717) is 23.5 Å². The highest BCUT2D eigenvalue weighted by Crippen LogP contribution is 2.29. The summed E-state index contributed by atoms with van der Waals surface area (Å²) in [6.07, 6.45) is -1.86. The molecule has 10 nitrogen and oxygen atoms in total. The summed E-state index contributed by atoms with van der Waals surface area (Å²) >= 11 is 0. The molecule has 2 rings (SSSR count). The van der Waals surface area contributed by atoms with Gasteiger partial charge in [0, 0.05) is 26.1 Å². The number of nitrogens with zero attached hydrogens (tertiary/aromatic N) is 2. The zero-order valence-corrected chi connectivity index (χ0v) is 15.8. The summed E-state index contributed by atoms with van der Waals surface area (Å²) in [5.74, 6) is 0.264. The SMILES string of the molecule is CCOC(=O)c1ccc(OCC[C@@H]2CN(C(=O)O)CCN2C(=O)O)c(OC)c1. The molecule has 1 fully saturated rings. The number of rotatable bonds is 7. The lowest BCUT2D eigenvalue weighted by Gasteiger charge is -2.38. The minimum absolute atomic E-state index is 0.0872. The third-order valence-corrected chi connectivity index (χ3v) is 4.38. The molecule has 1 aromatic carbocycles. The van der Waals surface area contributed by atoms with Gasteiger partial charge in [0.1, 0.15) is 0 Å². The molecule has 1 aliphatic heterocycles. The first-order valence-electron chi connectivity index (χ1n) is 8.82. The van der Waals surface area contributed by atoms with E-state index in [1.54, 1.807) is 19.1 Å². The normalized spacial score (nSPS) is 16.4. The summed E-state index contributed by atoms with van der Waals surface area (Å²) in [4.78, 5) is 36.8. The molecule has 28 heavy (non-hydrogen) atoms. The second kappa shape index (κ2) is 9.67. The summed E-state index contributed by atoms with van der Waals surface area (Å²) in [5, 5.41) is 18.4. The minimum atomic E-state index is -1.09. The van der Waals surface area contributed by atoms with Gasteiger partial charge in [-0.2, -0.15) is 0 Å². The van der Waals surface area contributed by atoms with E-state index in [4.69, 9.17) is 19.3 Å². The maximum absolute atomic E-state index is 11.8. The van der Waals surface area contributed by atoms with Crippen molar-refractivity contribution in [3.8, 4) is 11.5 Å². The summed E-state index contributed by atoms with van der Waals surface area (Å²) in [6, 6.07) is 4.12. The molecule has 0 radical (unpaired) electrons. The van der Waals surface area contributed by atoms with Gasteiger partial charge in [0.2, 0.25) is 0 Å². The molecule has 1 aromatic rings. The quantitative estimate of drug-likeness (QED) is 0.670. The number of hydrogen-bond acceptors (Lipinski definition) is 6. The lowest BCUT2D eigenvalue weighted by molar-refractivity contribution is 0.0525. The second-order valence-electron chi connectivity index (χ2n) is 6.08. The number of carbonyl (C=O) groups excluding carboxylic acids is 1. The highest BCUT2D eigenvalue weighted by Gasteiger charge is 2.32. The highest BCUT2D eigenvalue weighted by molar-refractivity contribution is 5.90. The lowest BCUT2D eigenvalue weighted by Crippen LogP contribution is -2.56. The highest BCUT2D eigenvalue weighted by atomic mass is 16.5. The Labute approximate surface area is 162 Å². The van der Waals surface area contributed by atoms with Crippen LogP contribution in [0.15, 0.2) is 18.2 Å². The molecule has 154 valence electrons. The van der Waals surface area contributed by atoms with Crippen LogP contribution < -0.4 is 9.47 Å². The van der Waals surface area contributed by atoms with Crippen LogP contribution in [0.2, 0.25) is 0 Å². The van der Waals surface area contributed by atoms with Gasteiger partial charge in [0.15, 0.2) is 11.5 Å². The van der Waals surface area contributed by atoms with Crippen LogP contribution >= 0.6 is 0 Å². The molecule has 0 spiro atoms. The molecular formula is C18H24N2O8.